The zero-order chi connectivity index (χ0) is 15.7. The Morgan fingerprint density at radius 3 is 2.38 bits per heavy atom. The van der Waals surface area contributed by atoms with E-state index in [1.165, 1.54) is 0 Å². The summed E-state index contributed by atoms with van der Waals surface area (Å²) in [7, 11) is 0. The Bertz CT molecular complexity index is 439. The Hall–Kier alpha value is -1.53. The maximum Gasteiger partial charge on any atom is 0.120 e. The summed E-state index contributed by atoms with van der Waals surface area (Å²) in [5.41, 5.74) is 0.647. The van der Waals surface area contributed by atoms with Crippen molar-refractivity contribution in [2.45, 2.75) is 34.1 Å². The first kappa shape index (κ1) is 17.5. The summed E-state index contributed by atoms with van der Waals surface area (Å²) in [5.74, 6) is 2.17. The third kappa shape index (κ3) is 7.72. The van der Waals surface area contributed by atoms with Crippen LogP contribution in [0.5, 0.6) is 5.75 Å². The van der Waals surface area contributed by atoms with Crippen LogP contribution in [0.1, 0.15) is 39.7 Å². The fourth-order valence-electron chi connectivity index (χ4n) is 2.42. The van der Waals surface area contributed by atoms with E-state index in [0.717, 1.165) is 31.8 Å². The van der Waals surface area contributed by atoms with Crippen molar-refractivity contribution in [3.8, 4) is 11.8 Å². The summed E-state index contributed by atoms with van der Waals surface area (Å²) in [6.45, 7) is 13.1. The van der Waals surface area contributed by atoms with Gasteiger partial charge in [-0.3, -0.25) is 0 Å². The van der Waals surface area contributed by atoms with Crippen LogP contribution in [0.4, 0.5) is 0 Å². The molecule has 0 N–H and O–H groups in total. The highest BCUT2D eigenvalue weighted by atomic mass is 16.5. The Kier molecular flexibility index (Phi) is 7.85. The summed E-state index contributed by atoms with van der Waals surface area (Å²) >= 11 is 0. The summed E-state index contributed by atoms with van der Waals surface area (Å²) in [5, 5.41) is 8.86. The molecule has 0 aromatic heterocycles. The van der Waals surface area contributed by atoms with Crippen molar-refractivity contribution in [1.29, 1.82) is 5.26 Å². The van der Waals surface area contributed by atoms with Gasteiger partial charge in [0.2, 0.25) is 0 Å². The van der Waals surface area contributed by atoms with Crippen LogP contribution in [-0.4, -0.2) is 31.1 Å². The van der Waals surface area contributed by atoms with E-state index in [1.807, 2.05) is 12.1 Å². The molecule has 116 valence electrons. The minimum atomic E-state index is 0.647. The molecule has 0 aliphatic heterocycles. The second-order valence-corrected chi connectivity index (χ2v) is 6.39. The fraction of sp³-hybridized carbons (Fsp3) is 0.611. The van der Waals surface area contributed by atoms with Crippen LogP contribution in [-0.2, 0) is 0 Å². The molecule has 0 radical (unpaired) electrons. The Balaban J connectivity index is 2.34. The van der Waals surface area contributed by atoms with E-state index in [1.54, 1.807) is 12.1 Å². The van der Waals surface area contributed by atoms with Gasteiger partial charge in [0.05, 0.1) is 18.2 Å². The lowest BCUT2D eigenvalue weighted by atomic mass is 10.1. The van der Waals surface area contributed by atoms with Gasteiger partial charge >= 0.3 is 0 Å². The summed E-state index contributed by atoms with van der Waals surface area (Å²) in [4.78, 5) is 2.52. The van der Waals surface area contributed by atoms with Crippen molar-refractivity contribution in [3.05, 3.63) is 29.8 Å². The Labute approximate surface area is 129 Å². The quantitative estimate of drug-likeness (QED) is 0.646. The van der Waals surface area contributed by atoms with E-state index < -0.39 is 0 Å². The molecule has 0 amide bonds. The monoisotopic (exact) mass is 288 g/mol. The molecule has 0 saturated carbocycles. The molecule has 1 aromatic rings. The van der Waals surface area contributed by atoms with Crippen LogP contribution in [0, 0.1) is 23.2 Å². The largest absolute Gasteiger partial charge is 0.494 e. The molecular formula is C18H28N2O. The molecule has 0 unspecified atom stereocenters. The predicted octanol–water partition coefficient (Wildman–Crippen LogP) is 3.94. The smallest absolute Gasteiger partial charge is 0.120 e. The zero-order valence-electron chi connectivity index (χ0n) is 13.8. The van der Waals surface area contributed by atoms with Crippen molar-refractivity contribution < 1.29 is 4.74 Å². The average Bonchev–Trinajstić information content (AvgIpc) is 2.42. The molecule has 0 heterocycles. The number of benzene rings is 1. The van der Waals surface area contributed by atoms with Gasteiger partial charge in [-0.25, -0.2) is 0 Å². The highest BCUT2D eigenvalue weighted by Crippen LogP contribution is 2.13. The number of hydrogen-bond acceptors (Lipinski definition) is 3. The molecule has 0 aliphatic carbocycles. The summed E-state index contributed by atoms with van der Waals surface area (Å²) in [6.07, 6.45) is 1.01. The topological polar surface area (TPSA) is 36.3 Å². The van der Waals surface area contributed by atoms with Crippen molar-refractivity contribution in [3.63, 3.8) is 0 Å². The van der Waals surface area contributed by atoms with Crippen LogP contribution in [0.3, 0.4) is 0 Å². The van der Waals surface area contributed by atoms with Crippen molar-refractivity contribution in [2.75, 3.05) is 26.2 Å². The lowest BCUT2D eigenvalue weighted by Gasteiger charge is -2.26. The molecule has 1 aromatic carbocycles. The average molecular weight is 288 g/mol. The van der Waals surface area contributed by atoms with Crippen molar-refractivity contribution in [2.24, 2.45) is 11.8 Å². The fourth-order valence-corrected chi connectivity index (χ4v) is 2.42. The zero-order valence-corrected chi connectivity index (χ0v) is 13.8. The van der Waals surface area contributed by atoms with E-state index >= 15 is 0 Å². The third-order valence-electron chi connectivity index (χ3n) is 3.10. The lowest BCUT2D eigenvalue weighted by Crippen LogP contribution is -2.33. The predicted molar refractivity (Wildman–Crippen MR) is 87.4 cm³/mol. The summed E-state index contributed by atoms with van der Waals surface area (Å²) in [6, 6.07) is 9.48. The molecule has 0 fully saturated rings. The molecule has 3 heteroatoms. The molecule has 21 heavy (non-hydrogen) atoms. The first-order chi connectivity index (χ1) is 10.0. The molecule has 0 saturated heterocycles. The van der Waals surface area contributed by atoms with Crippen LogP contribution in [0.2, 0.25) is 0 Å². The Morgan fingerprint density at radius 1 is 1.14 bits per heavy atom. The minimum absolute atomic E-state index is 0.647. The maximum atomic E-state index is 8.86. The second kappa shape index (κ2) is 9.41. The number of nitriles is 1. The van der Waals surface area contributed by atoms with E-state index in [2.05, 4.69) is 38.7 Å². The standard InChI is InChI=1S/C18H28N2O/c1-15(2)13-20(14-16(3)4)9-6-10-21-18-8-5-7-17(11-18)12-19/h5,7-8,11,15-16H,6,9-10,13-14H2,1-4H3. The van der Waals surface area contributed by atoms with Gasteiger partial charge in [0, 0.05) is 19.6 Å². The third-order valence-corrected chi connectivity index (χ3v) is 3.10. The van der Waals surface area contributed by atoms with Gasteiger partial charge in [0.25, 0.3) is 0 Å². The van der Waals surface area contributed by atoms with Crippen LogP contribution in [0.25, 0.3) is 0 Å². The van der Waals surface area contributed by atoms with Gasteiger partial charge < -0.3 is 9.64 Å². The molecule has 3 nitrogen and oxygen atoms in total. The molecular weight excluding hydrogens is 260 g/mol. The highest BCUT2D eigenvalue weighted by molar-refractivity contribution is 5.36. The number of rotatable bonds is 9. The molecule has 0 bridgehead atoms. The van der Waals surface area contributed by atoms with E-state index in [-0.39, 0.29) is 0 Å². The van der Waals surface area contributed by atoms with Crippen LogP contribution >= 0.6 is 0 Å². The van der Waals surface area contributed by atoms with Crippen molar-refractivity contribution >= 4 is 0 Å². The molecule has 1 rings (SSSR count). The number of hydrogen-bond donors (Lipinski definition) is 0. The van der Waals surface area contributed by atoms with Crippen LogP contribution < -0.4 is 4.74 Å². The number of nitrogens with zero attached hydrogens (tertiary/aromatic N) is 2. The first-order valence-electron chi connectivity index (χ1n) is 7.86. The van der Waals surface area contributed by atoms with Crippen LogP contribution in [0.15, 0.2) is 24.3 Å². The van der Waals surface area contributed by atoms with Crippen molar-refractivity contribution in [1.82, 2.24) is 4.90 Å². The maximum absolute atomic E-state index is 8.86. The van der Waals surface area contributed by atoms with E-state index in [9.17, 15) is 0 Å². The van der Waals surface area contributed by atoms with E-state index in [4.69, 9.17) is 10.00 Å². The number of ether oxygens (including phenoxy) is 1. The highest BCUT2D eigenvalue weighted by Gasteiger charge is 2.09. The Morgan fingerprint density at radius 2 is 1.81 bits per heavy atom. The second-order valence-electron chi connectivity index (χ2n) is 6.39. The van der Waals surface area contributed by atoms with Gasteiger partial charge in [0.1, 0.15) is 5.75 Å². The SMILES string of the molecule is CC(C)CN(CCCOc1cccc(C#N)c1)CC(C)C. The molecule has 0 aliphatic rings. The van der Waals surface area contributed by atoms with Gasteiger partial charge in [-0.1, -0.05) is 33.8 Å². The van der Waals surface area contributed by atoms with Gasteiger partial charge in [-0.15, -0.1) is 0 Å². The van der Waals surface area contributed by atoms with Gasteiger partial charge in [0.15, 0.2) is 0 Å². The molecule has 0 spiro atoms. The van der Waals surface area contributed by atoms with Gasteiger partial charge in [-0.05, 0) is 36.5 Å². The first-order valence-corrected chi connectivity index (χ1v) is 7.86. The molecule has 0 atom stereocenters. The van der Waals surface area contributed by atoms with Gasteiger partial charge in [-0.2, -0.15) is 5.26 Å². The lowest BCUT2D eigenvalue weighted by molar-refractivity contribution is 0.198. The summed E-state index contributed by atoms with van der Waals surface area (Å²) < 4.78 is 5.73. The normalized spacial score (nSPS) is 11.1. The van der Waals surface area contributed by atoms with E-state index in [0.29, 0.717) is 24.0 Å². The minimum Gasteiger partial charge on any atom is -0.494 e.